The van der Waals surface area contributed by atoms with E-state index in [1.807, 2.05) is 13.0 Å². The molecule has 0 aromatic heterocycles. The number of carbonyl (C=O) groups excluding carboxylic acids is 2. The number of aliphatic hydroxyl groups excluding tert-OH is 1. The number of hydrogen-bond donors (Lipinski definition) is 2. The SMILES string of the molecule is C[C@@H]1C(=O)C(C#N)=C[C@]2(C)C3=CC(=O)[C@]4(O)C5CC(C)(C)CC[C@]5(CO)CC[C@@]4(C)[C@]3(C)CCC12. The lowest BCUT2D eigenvalue weighted by atomic mass is 9.33. The number of allylic oxidation sites excluding steroid dienone is 3. The van der Waals surface area contributed by atoms with Gasteiger partial charge in [-0.15, -0.1) is 0 Å². The largest absolute Gasteiger partial charge is 0.396 e. The number of hydrogen-bond acceptors (Lipinski definition) is 5. The predicted octanol–water partition coefficient (Wildman–Crippen LogP) is 4.92. The van der Waals surface area contributed by atoms with Crippen LogP contribution in [-0.4, -0.2) is 34.0 Å². The lowest BCUT2D eigenvalue weighted by molar-refractivity contribution is -0.250. The Bertz CT molecular complexity index is 1110. The summed E-state index contributed by atoms with van der Waals surface area (Å²) in [5, 5.41) is 33.0. The van der Waals surface area contributed by atoms with Crippen molar-refractivity contribution < 1.29 is 19.8 Å². The van der Waals surface area contributed by atoms with Crippen molar-refractivity contribution in [1.82, 2.24) is 0 Å². The van der Waals surface area contributed by atoms with Crippen molar-refractivity contribution in [3.05, 3.63) is 23.3 Å². The van der Waals surface area contributed by atoms with Gasteiger partial charge in [0.05, 0.1) is 5.57 Å². The van der Waals surface area contributed by atoms with E-state index < -0.39 is 27.3 Å². The van der Waals surface area contributed by atoms with Crippen LogP contribution < -0.4 is 0 Å². The van der Waals surface area contributed by atoms with Crippen LogP contribution in [-0.2, 0) is 9.59 Å². The third kappa shape index (κ3) is 2.76. The highest BCUT2D eigenvalue weighted by molar-refractivity contribution is 6.03. The van der Waals surface area contributed by atoms with Crippen molar-refractivity contribution in [2.24, 2.45) is 44.8 Å². The number of ketones is 2. The van der Waals surface area contributed by atoms with Crippen molar-refractivity contribution in [2.45, 2.75) is 92.1 Å². The maximum absolute atomic E-state index is 14.2. The van der Waals surface area contributed by atoms with E-state index in [1.54, 1.807) is 6.08 Å². The van der Waals surface area contributed by atoms with Crippen LogP contribution in [0.25, 0.3) is 0 Å². The number of nitriles is 1. The van der Waals surface area contributed by atoms with Gasteiger partial charge in [-0.2, -0.15) is 5.26 Å². The molecule has 5 nitrogen and oxygen atoms in total. The molecule has 2 N–H and O–H groups in total. The number of aliphatic hydroxyl groups is 2. The Kier molecular flexibility index (Phi) is 5.10. The average Bonchev–Trinajstić information content (AvgIpc) is 2.80. The van der Waals surface area contributed by atoms with Crippen LogP contribution in [0.1, 0.15) is 86.5 Å². The van der Waals surface area contributed by atoms with Gasteiger partial charge in [-0.05, 0) is 78.8 Å². The summed E-state index contributed by atoms with van der Waals surface area (Å²) in [5.74, 6) is -0.888. The fourth-order valence-electron chi connectivity index (χ4n) is 9.65. The fraction of sp³-hybridized carbons (Fsp3) is 0.767. The summed E-state index contributed by atoms with van der Waals surface area (Å²) in [5.41, 5.74) is -2.54. The Balaban J connectivity index is 1.73. The van der Waals surface area contributed by atoms with Crippen LogP contribution in [0.2, 0.25) is 0 Å². The van der Waals surface area contributed by atoms with E-state index in [4.69, 9.17) is 0 Å². The minimum absolute atomic E-state index is 0.000382. The molecule has 5 heteroatoms. The zero-order valence-electron chi connectivity index (χ0n) is 22.2. The first-order valence-corrected chi connectivity index (χ1v) is 13.4. The molecule has 0 spiro atoms. The van der Waals surface area contributed by atoms with Gasteiger partial charge in [-0.25, -0.2) is 0 Å². The lowest BCUT2D eigenvalue weighted by Gasteiger charge is -2.71. The zero-order valence-corrected chi connectivity index (χ0v) is 22.2. The first-order chi connectivity index (χ1) is 16.2. The van der Waals surface area contributed by atoms with E-state index in [9.17, 15) is 25.1 Å². The topological polar surface area (TPSA) is 98.4 Å². The van der Waals surface area contributed by atoms with E-state index in [0.717, 1.165) is 37.7 Å². The highest BCUT2D eigenvalue weighted by atomic mass is 16.3. The molecule has 5 aliphatic carbocycles. The second-order valence-corrected chi connectivity index (χ2v) is 14.0. The van der Waals surface area contributed by atoms with Crippen molar-refractivity contribution in [1.29, 1.82) is 5.26 Å². The Hall–Kier alpha value is -1.77. The van der Waals surface area contributed by atoms with E-state index in [1.165, 1.54) is 0 Å². The molecule has 0 aromatic rings. The third-order valence-electron chi connectivity index (χ3n) is 12.2. The molecule has 3 fully saturated rings. The first-order valence-electron chi connectivity index (χ1n) is 13.4. The Morgan fingerprint density at radius 2 is 1.71 bits per heavy atom. The molecule has 0 saturated heterocycles. The predicted molar refractivity (Wildman–Crippen MR) is 133 cm³/mol. The second-order valence-electron chi connectivity index (χ2n) is 14.0. The number of carbonyl (C=O) groups is 2. The standard InChI is InChI=1S/C30H41NO4/c1-18-20-7-8-27(5)21(26(20,4)14-19(16-31)24(18)34)13-23(33)30(35)22-15-25(2,3)9-11-29(22,17-32)12-10-28(27,30)6/h13-14,18,20,22,32,35H,7-12,15,17H2,1-6H3/t18-,20?,22?,26-,27+,28-,29+,30+/m0/s1. The van der Waals surface area contributed by atoms with Gasteiger partial charge in [-0.3, -0.25) is 9.59 Å². The quantitative estimate of drug-likeness (QED) is 0.556. The van der Waals surface area contributed by atoms with Gasteiger partial charge in [0.25, 0.3) is 0 Å². The number of Topliss-reactive ketones (excluding diaryl/α,β-unsaturated/α-hetero) is 1. The van der Waals surface area contributed by atoms with E-state index >= 15 is 0 Å². The summed E-state index contributed by atoms with van der Waals surface area (Å²) in [6, 6.07) is 2.12. The molecule has 2 unspecified atom stereocenters. The molecule has 3 saturated carbocycles. The molecular weight excluding hydrogens is 438 g/mol. The molecule has 0 aromatic carbocycles. The Morgan fingerprint density at radius 1 is 1.06 bits per heavy atom. The van der Waals surface area contributed by atoms with E-state index in [0.29, 0.717) is 12.8 Å². The molecule has 5 aliphatic rings. The van der Waals surface area contributed by atoms with Crippen LogP contribution >= 0.6 is 0 Å². The van der Waals surface area contributed by atoms with Crippen LogP contribution in [0.15, 0.2) is 23.3 Å². The first kappa shape index (κ1) is 24.9. The third-order valence-corrected chi connectivity index (χ3v) is 12.2. The molecule has 0 heterocycles. The molecule has 35 heavy (non-hydrogen) atoms. The number of nitrogens with zero attached hydrogens (tertiary/aromatic N) is 1. The minimum Gasteiger partial charge on any atom is -0.396 e. The minimum atomic E-state index is -1.55. The Labute approximate surface area is 209 Å². The highest BCUT2D eigenvalue weighted by Crippen LogP contribution is 2.74. The molecule has 0 radical (unpaired) electrons. The lowest BCUT2D eigenvalue weighted by Crippen LogP contribution is -2.74. The smallest absolute Gasteiger partial charge is 0.188 e. The molecule has 0 amide bonds. The number of rotatable bonds is 1. The maximum Gasteiger partial charge on any atom is 0.188 e. The van der Waals surface area contributed by atoms with Crippen molar-refractivity contribution in [2.75, 3.05) is 6.61 Å². The molecule has 190 valence electrons. The number of fused-ring (bicyclic) bond motifs is 7. The van der Waals surface area contributed by atoms with Crippen molar-refractivity contribution >= 4 is 11.6 Å². The fourth-order valence-corrected chi connectivity index (χ4v) is 9.65. The average molecular weight is 480 g/mol. The highest BCUT2D eigenvalue weighted by Gasteiger charge is 2.75. The van der Waals surface area contributed by atoms with Gasteiger partial charge in [0.2, 0.25) is 0 Å². The van der Waals surface area contributed by atoms with Gasteiger partial charge in [0.1, 0.15) is 11.7 Å². The van der Waals surface area contributed by atoms with Gasteiger partial charge in [0.15, 0.2) is 11.6 Å². The van der Waals surface area contributed by atoms with Crippen molar-refractivity contribution in [3.63, 3.8) is 0 Å². The summed E-state index contributed by atoms with van der Waals surface area (Å²) in [4.78, 5) is 27.1. The summed E-state index contributed by atoms with van der Waals surface area (Å²) >= 11 is 0. The van der Waals surface area contributed by atoms with Gasteiger partial charge < -0.3 is 10.2 Å². The van der Waals surface area contributed by atoms with E-state index in [-0.39, 0.29) is 46.9 Å². The maximum atomic E-state index is 14.2. The molecule has 5 rings (SSSR count). The molecule has 0 aliphatic heterocycles. The summed E-state index contributed by atoms with van der Waals surface area (Å²) in [6.45, 7) is 12.7. The zero-order chi connectivity index (χ0) is 25.8. The summed E-state index contributed by atoms with van der Waals surface area (Å²) in [6.07, 6.45) is 9.14. The molecule has 8 atom stereocenters. The van der Waals surface area contributed by atoms with Crippen LogP contribution in [0, 0.1) is 56.2 Å². The molecular formula is C30H41NO4. The van der Waals surface area contributed by atoms with E-state index in [2.05, 4.69) is 40.7 Å². The van der Waals surface area contributed by atoms with Crippen LogP contribution in [0.5, 0.6) is 0 Å². The van der Waals surface area contributed by atoms with Gasteiger partial charge in [-0.1, -0.05) is 47.6 Å². The van der Waals surface area contributed by atoms with Crippen molar-refractivity contribution in [3.8, 4) is 6.07 Å². The normalized spacial score (nSPS) is 50.5. The molecule has 0 bridgehead atoms. The summed E-state index contributed by atoms with van der Waals surface area (Å²) < 4.78 is 0. The van der Waals surface area contributed by atoms with Gasteiger partial charge >= 0.3 is 0 Å². The monoisotopic (exact) mass is 479 g/mol. The summed E-state index contributed by atoms with van der Waals surface area (Å²) in [7, 11) is 0. The van der Waals surface area contributed by atoms with Crippen LogP contribution in [0.4, 0.5) is 0 Å². The van der Waals surface area contributed by atoms with Crippen LogP contribution in [0.3, 0.4) is 0 Å². The van der Waals surface area contributed by atoms with Gasteiger partial charge in [0, 0.05) is 29.3 Å². The Morgan fingerprint density at radius 3 is 2.34 bits per heavy atom. The second kappa shape index (κ2) is 7.17.